The van der Waals surface area contributed by atoms with Crippen molar-refractivity contribution in [1.82, 2.24) is 30.3 Å². The first-order valence-electron chi connectivity index (χ1n) is 21.6. The average molecular weight is 935 g/mol. The van der Waals surface area contributed by atoms with Crippen molar-refractivity contribution in [2.45, 2.75) is 71.4 Å². The molecule has 342 valence electrons. The number of carbonyl (C=O) groups excluding carboxylic acids is 6. The fourth-order valence-electron chi connectivity index (χ4n) is 7.96. The molecule has 0 bridgehead atoms. The minimum Gasteiger partial charge on any atom is -0.494 e. The zero-order valence-corrected chi connectivity index (χ0v) is 38.1. The van der Waals surface area contributed by atoms with Crippen molar-refractivity contribution in [3.8, 4) is 16.5 Å². The molecule has 2 aromatic heterocycles. The molecule has 0 spiro atoms. The fraction of sp³-hybridized carbons (Fsp3) is 0.340. The number of amides is 6. The van der Waals surface area contributed by atoms with E-state index in [9.17, 15) is 28.8 Å². The second-order valence-electron chi connectivity index (χ2n) is 16.0. The first-order chi connectivity index (χ1) is 31.9. The second kappa shape index (κ2) is 20.2. The van der Waals surface area contributed by atoms with E-state index in [0.29, 0.717) is 67.9 Å². The molecular weight excluding hydrogens is 888 g/mol. The maximum absolute atomic E-state index is 13.5. The standard InChI is InChI=1S/C47H47ClN8O9S/c1-26-27(2)66-47-40(26)42(29-10-12-30(48)13-11-29)51-34(43-54-53-28(3)55(43)47)24-38(58)50-31-14-16-32(17-15-31)64-23-7-22-63-21-5-4-20-49-39(59)25-65-36-9-6-8-33-41(36)46(62)56(45(33)61)35-18-19-37(57)52-44(35)60/h6,8-17,34-35H,4-5,7,18-25H2,1-3H3,(H,49,59)(H,50,58)(H,52,57,60)/t34-,35?/m0/s1. The van der Waals surface area contributed by atoms with Crippen LogP contribution in [0.2, 0.25) is 5.02 Å². The Morgan fingerprint density at radius 2 is 1.64 bits per heavy atom. The molecule has 3 N–H and O–H groups in total. The van der Waals surface area contributed by atoms with Crippen molar-refractivity contribution in [2.75, 3.05) is 38.3 Å². The number of benzene rings is 3. The summed E-state index contributed by atoms with van der Waals surface area (Å²) in [6.07, 6.45) is 2.12. The number of nitrogens with one attached hydrogen (secondary N) is 3. The summed E-state index contributed by atoms with van der Waals surface area (Å²) >= 11 is 7.89. The number of aromatic nitrogens is 3. The lowest BCUT2D eigenvalue weighted by Gasteiger charge is -2.27. The molecule has 6 amide bonds. The maximum atomic E-state index is 13.5. The van der Waals surface area contributed by atoms with Gasteiger partial charge in [-0.2, -0.15) is 0 Å². The van der Waals surface area contributed by atoms with Gasteiger partial charge in [-0.15, -0.1) is 21.5 Å². The van der Waals surface area contributed by atoms with E-state index in [4.69, 9.17) is 30.8 Å². The van der Waals surface area contributed by atoms with E-state index in [1.54, 1.807) is 35.6 Å². The molecule has 0 saturated carbocycles. The van der Waals surface area contributed by atoms with Crippen molar-refractivity contribution >= 4 is 69.8 Å². The molecule has 1 unspecified atom stereocenters. The molecule has 5 aromatic rings. The maximum Gasteiger partial charge on any atom is 0.266 e. The van der Waals surface area contributed by atoms with Gasteiger partial charge in [-0.05, 0) is 94.1 Å². The van der Waals surface area contributed by atoms with E-state index in [0.717, 1.165) is 43.0 Å². The topological polar surface area (TPSA) is 213 Å². The van der Waals surface area contributed by atoms with Crippen molar-refractivity contribution < 1.29 is 43.0 Å². The van der Waals surface area contributed by atoms with E-state index in [1.807, 2.05) is 35.8 Å². The van der Waals surface area contributed by atoms with Crippen LogP contribution in [0.15, 0.2) is 71.7 Å². The Morgan fingerprint density at radius 1 is 0.864 bits per heavy atom. The van der Waals surface area contributed by atoms with Crippen LogP contribution in [0.4, 0.5) is 5.69 Å². The predicted octanol–water partition coefficient (Wildman–Crippen LogP) is 5.99. The molecule has 5 heterocycles. The molecular formula is C47H47ClN8O9S. The highest BCUT2D eigenvalue weighted by Crippen LogP contribution is 2.40. The van der Waals surface area contributed by atoms with Gasteiger partial charge in [-0.3, -0.25) is 48.5 Å². The number of fused-ring (bicyclic) bond motifs is 4. The van der Waals surface area contributed by atoms with Crippen LogP contribution < -0.4 is 25.4 Å². The first kappa shape index (κ1) is 45.8. The summed E-state index contributed by atoms with van der Waals surface area (Å²) in [6.45, 7) is 7.50. The number of ether oxygens (including phenoxy) is 3. The molecule has 0 radical (unpaired) electrons. The summed E-state index contributed by atoms with van der Waals surface area (Å²) in [7, 11) is 0. The van der Waals surface area contributed by atoms with Gasteiger partial charge in [-0.25, -0.2) is 0 Å². The number of halogens is 1. The molecule has 8 rings (SSSR count). The van der Waals surface area contributed by atoms with E-state index in [1.165, 1.54) is 18.2 Å². The van der Waals surface area contributed by atoms with Crippen LogP contribution in [0.1, 0.15) is 98.5 Å². The number of unbranched alkanes of at least 4 members (excludes halogenated alkanes) is 1. The number of carbonyl (C=O) groups is 6. The quantitative estimate of drug-likeness (QED) is 0.0686. The zero-order valence-electron chi connectivity index (χ0n) is 36.5. The van der Waals surface area contributed by atoms with Gasteiger partial charge in [-0.1, -0.05) is 29.8 Å². The number of piperidine rings is 1. The van der Waals surface area contributed by atoms with Crippen molar-refractivity contribution in [1.29, 1.82) is 0 Å². The number of nitrogens with zero attached hydrogens (tertiary/aromatic N) is 5. The number of aliphatic imine (C=N–C) groups is 1. The molecule has 2 atom stereocenters. The number of thiophene rings is 1. The summed E-state index contributed by atoms with van der Waals surface area (Å²) in [4.78, 5) is 83.4. The van der Waals surface area contributed by atoms with Gasteiger partial charge >= 0.3 is 0 Å². The smallest absolute Gasteiger partial charge is 0.266 e. The third-order valence-electron chi connectivity index (χ3n) is 11.4. The Kier molecular flexibility index (Phi) is 14.0. The number of rotatable bonds is 18. The van der Waals surface area contributed by atoms with Crippen LogP contribution in [0.25, 0.3) is 5.00 Å². The van der Waals surface area contributed by atoms with Crippen LogP contribution in [0, 0.1) is 20.8 Å². The van der Waals surface area contributed by atoms with Crippen molar-refractivity contribution in [2.24, 2.45) is 4.99 Å². The minimum atomic E-state index is -1.10. The van der Waals surface area contributed by atoms with E-state index in [2.05, 4.69) is 40.0 Å². The molecule has 3 aromatic carbocycles. The SMILES string of the molecule is Cc1sc2c(c1C)C(c1ccc(Cl)cc1)=N[C@@H](CC(=O)Nc1ccc(OCCCOCCCCNC(=O)COc3cccc4c3C(=O)N(C3CCC(=O)NC3=O)C4=O)cc1)c1nnc(C)n1-2. The van der Waals surface area contributed by atoms with Gasteiger partial charge in [0.25, 0.3) is 17.7 Å². The summed E-state index contributed by atoms with van der Waals surface area (Å²) in [5.74, 6) is -1.13. The Morgan fingerprint density at radius 3 is 2.41 bits per heavy atom. The summed E-state index contributed by atoms with van der Waals surface area (Å²) in [5, 5.41) is 18.4. The van der Waals surface area contributed by atoms with Gasteiger partial charge in [0.15, 0.2) is 12.4 Å². The molecule has 17 nitrogen and oxygen atoms in total. The molecule has 3 aliphatic heterocycles. The number of imide groups is 2. The Bertz CT molecular complexity index is 2730. The highest BCUT2D eigenvalue weighted by Gasteiger charge is 2.46. The van der Waals surface area contributed by atoms with Crippen LogP contribution in [-0.2, 0) is 23.9 Å². The normalized spacial score (nSPS) is 16.5. The number of hydrogen-bond acceptors (Lipinski definition) is 13. The largest absolute Gasteiger partial charge is 0.494 e. The van der Waals surface area contributed by atoms with Gasteiger partial charge in [0.1, 0.15) is 34.4 Å². The Balaban J connectivity index is 0.725. The van der Waals surface area contributed by atoms with Crippen molar-refractivity contribution in [3.63, 3.8) is 0 Å². The molecule has 66 heavy (non-hydrogen) atoms. The number of hydrogen-bond donors (Lipinski definition) is 3. The van der Waals surface area contributed by atoms with E-state index in [-0.39, 0.29) is 48.7 Å². The Hall–Kier alpha value is -6.76. The zero-order chi connectivity index (χ0) is 46.5. The molecule has 1 saturated heterocycles. The van der Waals surface area contributed by atoms with Gasteiger partial charge < -0.3 is 24.8 Å². The lowest BCUT2D eigenvalue weighted by molar-refractivity contribution is -0.136. The monoisotopic (exact) mass is 934 g/mol. The summed E-state index contributed by atoms with van der Waals surface area (Å²) in [6, 6.07) is 17.5. The highest BCUT2D eigenvalue weighted by atomic mass is 35.5. The van der Waals surface area contributed by atoms with Crippen molar-refractivity contribution in [3.05, 3.63) is 116 Å². The lowest BCUT2D eigenvalue weighted by Crippen LogP contribution is -2.54. The van der Waals surface area contributed by atoms with Gasteiger partial charge in [0.2, 0.25) is 17.7 Å². The van der Waals surface area contributed by atoms with Crippen LogP contribution >= 0.6 is 22.9 Å². The molecule has 19 heteroatoms. The second-order valence-corrected chi connectivity index (χ2v) is 17.6. The summed E-state index contributed by atoms with van der Waals surface area (Å²) < 4.78 is 19.3. The fourth-order valence-corrected chi connectivity index (χ4v) is 9.30. The average Bonchev–Trinajstić information content (AvgIpc) is 3.88. The third kappa shape index (κ3) is 9.90. The predicted molar refractivity (Wildman–Crippen MR) is 245 cm³/mol. The van der Waals surface area contributed by atoms with Crippen LogP contribution in [-0.4, -0.2) is 99.8 Å². The molecule has 0 aliphatic carbocycles. The summed E-state index contributed by atoms with van der Waals surface area (Å²) in [5.41, 5.74) is 4.46. The molecule has 3 aliphatic rings. The van der Waals surface area contributed by atoms with E-state index >= 15 is 0 Å². The first-order valence-corrected chi connectivity index (χ1v) is 22.8. The lowest BCUT2D eigenvalue weighted by atomic mass is 9.99. The Labute approximate surface area is 388 Å². The number of anilines is 1. The van der Waals surface area contributed by atoms with Gasteiger partial charge in [0.05, 0.1) is 29.9 Å². The highest BCUT2D eigenvalue weighted by molar-refractivity contribution is 7.15. The third-order valence-corrected chi connectivity index (χ3v) is 12.8. The van der Waals surface area contributed by atoms with Crippen LogP contribution in [0.3, 0.4) is 0 Å². The van der Waals surface area contributed by atoms with E-state index < -0.39 is 41.6 Å². The number of aryl methyl sites for hydroxylation is 2. The van der Waals surface area contributed by atoms with Gasteiger partial charge in [0, 0.05) is 59.3 Å². The molecule has 1 fully saturated rings. The van der Waals surface area contributed by atoms with Crippen LogP contribution in [0.5, 0.6) is 11.5 Å². The minimum absolute atomic E-state index is 0.00950.